The monoisotopic (exact) mass is 557 g/mol. The lowest BCUT2D eigenvalue weighted by molar-refractivity contribution is -0.384. The van der Waals surface area contributed by atoms with E-state index in [2.05, 4.69) is 10.3 Å². The highest BCUT2D eigenvalue weighted by molar-refractivity contribution is 6.22. The van der Waals surface area contributed by atoms with Crippen LogP contribution in [0.15, 0.2) is 77.8 Å². The summed E-state index contributed by atoms with van der Waals surface area (Å²) < 4.78 is 5.26. The van der Waals surface area contributed by atoms with Gasteiger partial charge in [0.25, 0.3) is 5.69 Å². The first-order valence-corrected chi connectivity index (χ1v) is 12.8. The second kappa shape index (κ2) is 11.9. The number of hydrogen-bond donors (Lipinski definition) is 3. The molecular weight excluding hydrogens is 526 g/mol. The molecule has 2 amide bonds. The highest BCUT2D eigenvalue weighted by Gasteiger charge is 2.22. The Kier molecular flexibility index (Phi) is 8.37. The maximum absolute atomic E-state index is 12.4. The number of benzene rings is 3. The van der Waals surface area contributed by atoms with Crippen LogP contribution in [0.2, 0.25) is 0 Å². The Morgan fingerprint density at radius 3 is 2.39 bits per heavy atom. The van der Waals surface area contributed by atoms with E-state index < -0.39 is 16.6 Å². The number of aromatic hydroxyl groups is 1. The van der Waals surface area contributed by atoms with Crippen molar-refractivity contribution in [2.75, 3.05) is 13.6 Å². The number of H-pyrrole nitrogens is 1. The maximum Gasteiger partial charge on any atom is 0.410 e. The van der Waals surface area contributed by atoms with Gasteiger partial charge in [-0.2, -0.15) is 0 Å². The van der Waals surface area contributed by atoms with Gasteiger partial charge in [0, 0.05) is 42.2 Å². The molecule has 3 N–H and O–H groups in total. The fraction of sp³-hybridized carbons (Fsp3) is 0.233. The SMILES string of the molecule is CN(CC(=O)NCc1ccc(N=C(c2ccccc2)c2c(O)[nH]c3ccc([N+](=O)[O-])cc23)cc1)C(=O)OC(C)(C)C. The summed E-state index contributed by atoms with van der Waals surface area (Å²) in [7, 11) is 1.49. The molecule has 11 heteroatoms. The molecule has 11 nitrogen and oxygen atoms in total. The number of nitrogens with one attached hydrogen (secondary N) is 2. The molecule has 0 spiro atoms. The largest absolute Gasteiger partial charge is 0.494 e. The molecule has 4 aromatic rings. The van der Waals surface area contributed by atoms with E-state index in [1.807, 2.05) is 30.3 Å². The van der Waals surface area contributed by atoms with Crippen molar-refractivity contribution in [1.82, 2.24) is 15.2 Å². The van der Waals surface area contributed by atoms with Gasteiger partial charge in [-0.05, 0) is 44.5 Å². The first-order chi connectivity index (χ1) is 19.4. The third kappa shape index (κ3) is 7.27. The molecule has 0 saturated heterocycles. The smallest absolute Gasteiger partial charge is 0.410 e. The number of non-ortho nitro benzene ring substituents is 1. The number of carbonyl (C=O) groups excluding carboxylic acids is 2. The van der Waals surface area contributed by atoms with Gasteiger partial charge in [-0.15, -0.1) is 0 Å². The standard InChI is InChI=1S/C30H31N5O6/c1-30(2,3)41-29(38)34(4)18-25(36)31-17-19-10-12-21(13-11-19)32-27(20-8-6-5-7-9-20)26-23-16-22(35(39)40)14-15-24(23)33-28(26)37/h5-16,33,37H,17-18H2,1-4H3,(H,31,36). The van der Waals surface area contributed by atoms with Crippen LogP contribution in [0, 0.1) is 10.1 Å². The molecule has 212 valence electrons. The summed E-state index contributed by atoms with van der Waals surface area (Å²) in [5, 5.41) is 25.5. The zero-order valence-corrected chi connectivity index (χ0v) is 23.2. The zero-order chi connectivity index (χ0) is 29.7. The third-order valence-corrected chi connectivity index (χ3v) is 6.01. The van der Waals surface area contributed by atoms with Crippen molar-refractivity contribution >= 4 is 40.0 Å². The minimum Gasteiger partial charge on any atom is -0.494 e. The number of nitro groups is 1. The minimum absolute atomic E-state index is 0.103. The molecule has 0 unspecified atom stereocenters. The van der Waals surface area contributed by atoms with Crippen molar-refractivity contribution < 1.29 is 24.4 Å². The number of nitrogens with zero attached hydrogens (tertiary/aromatic N) is 3. The summed E-state index contributed by atoms with van der Waals surface area (Å²) in [6.45, 7) is 5.35. The van der Waals surface area contributed by atoms with E-state index in [-0.39, 0.29) is 30.6 Å². The summed E-state index contributed by atoms with van der Waals surface area (Å²) in [4.78, 5) is 44.2. The molecule has 0 aliphatic carbocycles. The molecule has 4 rings (SSSR count). The topological polar surface area (TPSA) is 150 Å². The highest BCUT2D eigenvalue weighted by atomic mass is 16.6. The zero-order valence-electron chi connectivity index (χ0n) is 23.2. The van der Waals surface area contributed by atoms with Gasteiger partial charge in [0.2, 0.25) is 5.91 Å². The fourth-order valence-corrected chi connectivity index (χ4v) is 4.07. The van der Waals surface area contributed by atoms with E-state index in [9.17, 15) is 24.8 Å². The number of carbonyl (C=O) groups is 2. The Labute approximate surface area is 236 Å². The third-order valence-electron chi connectivity index (χ3n) is 6.01. The van der Waals surface area contributed by atoms with Gasteiger partial charge in [0.1, 0.15) is 12.1 Å². The molecule has 0 bridgehead atoms. The number of likely N-dealkylation sites (N-methyl/N-ethyl adjacent to an activating group) is 1. The molecule has 0 atom stereocenters. The van der Waals surface area contributed by atoms with Crippen LogP contribution in [0.4, 0.5) is 16.2 Å². The lowest BCUT2D eigenvalue weighted by Gasteiger charge is -2.24. The van der Waals surface area contributed by atoms with Crippen molar-refractivity contribution in [3.05, 3.63) is 99.6 Å². The number of rotatable bonds is 8. The Morgan fingerprint density at radius 2 is 1.76 bits per heavy atom. The molecular formula is C30H31N5O6. The summed E-state index contributed by atoms with van der Waals surface area (Å²) in [6.07, 6.45) is -0.583. The fourth-order valence-electron chi connectivity index (χ4n) is 4.07. The Bertz CT molecular complexity index is 1600. The molecule has 0 saturated carbocycles. The Balaban J connectivity index is 1.55. The molecule has 0 radical (unpaired) electrons. The lowest BCUT2D eigenvalue weighted by Crippen LogP contribution is -2.40. The van der Waals surface area contributed by atoms with Crippen molar-refractivity contribution in [2.45, 2.75) is 32.9 Å². The summed E-state index contributed by atoms with van der Waals surface area (Å²) in [5.74, 6) is -0.491. The molecule has 0 aliphatic heterocycles. The molecule has 0 aliphatic rings. The van der Waals surface area contributed by atoms with E-state index >= 15 is 0 Å². The quantitative estimate of drug-likeness (QED) is 0.149. The van der Waals surface area contributed by atoms with Gasteiger partial charge >= 0.3 is 6.09 Å². The molecule has 1 heterocycles. The predicted molar refractivity (Wildman–Crippen MR) is 156 cm³/mol. The van der Waals surface area contributed by atoms with Crippen LogP contribution in [-0.4, -0.2) is 56.8 Å². The second-order valence-electron chi connectivity index (χ2n) is 10.4. The van der Waals surface area contributed by atoms with Crippen LogP contribution in [0.25, 0.3) is 10.9 Å². The first-order valence-electron chi connectivity index (χ1n) is 12.8. The van der Waals surface area contributed by atoms with E-state index in [0.29, 0.717) is 33.4 Å². The number of fused-ring (bicyclic) bond motifs is 1. The van der Waals surface area contributed by atoms with Crippen LogP contribution in [0.1, 0.15) is 37.5 Å². The first kappa shape index (κ1) is 28.8. The second-order valence-corrected chi connectivity index (χ2v) is 10.4. The van der Waals surface area contributed by atoms with Crippen LogP contribution in [0.3, 0.4) is 0 Å². The summed E-state index contributed by atoms with van der Waals surface area (Å²) in [5.41, 5.74) is 2.65. The number of ether oxygens (including phenoxy) is 1. The van der Waals surface area contributed by atoms with E-state index in [1.54, 1.807) is 51.1 Å². The summed E-state index contributed by atoms with van der Waals surface area (Å²) >= 11 is 0. The van der Waals surface area contributed by atoms with Crippen molar-refractivity contribution in [2.24, 2.45) is 4.99 Å². The maximum atomic E-state index is 12.4. The average molecular weight is 558 g/mol. The van der Waals surface area contributed by atoms with Crippen molar-refractivity contribution in [3.63, 3.8) is 0 Å². The number of amides is 2. The van der Waals surface area contributed by atoms with Crippen LogP contribution < -0.4 is 5.32 Å². The average Bonchev–Trinajstić information content (AvgIpc) is 3.25. The number of nitro benzene ring substituents is 1. The minimum atomic E-state index is -0.655. The number of aromatic amines is 1. The van der Waals surface area contributed by atoms with Crippen molar-refractivity contribution in [1.29, 1.82) is 0 Å². The van der Waals surface area contributed by atoms with E-state index in [1.165, 1.54) is 24.1 Å². The van der Waals surface area contributed by atoms with Gasteiger partial charge in [-0.3, -0.25) is 14.9 Å². The molecule has 0 fully saturated rings. The van der Waals surface area contributed by atoms with Crippen molar-refractivity contribution in [3.8, 4) is 5.88 Å². The number of aromatic nitrogens is 1. The van der Waals surface area contributed by atoms with Crippen LogP contribution in [0.5, 0.6) is 5.88 Å². The Morgan fingerprint density at radius 1 is 1.07 bits per heavy atom. The summed E-state index contributed by atoms with van der Waals surface area (Å²) in [6, 6.07) is 20.7. The van der Waals surface area contributed by atoms with Gasteiger partial charge in [0.15, 0.2) is 5.88 Å². The highest BCUT2D eigenvalue weighted by Crippen LogP contribution is 2.33. The van der Waals surface area contributed by atoms with E-state index in [4.69, 9.17) is 9.73 Å². The molecule has 41 heavy (non-hydrogen) atoms. The van der Waals surface area contributed by atoms with Crippen LogP contribution >= 0.6 is 0 Å². The molecule has 3 aromatic carbocycles. The van der Waals surface area contributed by atoms with Gasteiger partial charge < -0.3 is 25.0 Å². The lowest BCUT2D eigenvalue weighted by atomic mass is 10.0. The van der Waals surface area contributed by atoms with Gasteiger partial charge in [-0.25, -0.2) is 9.79 Å². The Hall–Kier alpha value is -5.19. The van der Waals surface area contributed by atoms with Crippen LogP contribution in [-0.2, 0) is 16.1 Å². The van der Waals surface area contributed by atoms with Gasteiger partial charge in [-0.1, -0.05) is 42.5 Å². The number of hydrogen-bond acceptors (Lipinski definition) is 7. The normalized spacial score (nSPS) is 11.8. The van der Waals surface area contributed by atoms with E-state index in [0.717, 1.165) is 5.56 Å². The molecule has 1 aromatic heterocycles. The number of aliphatic imine (C=N–C) groups is 1. The van der Waals surface area contributed by atoms with Gasteiger partial charge in [0.05, 0.1) is 21.9 Å². The predicted octanol–water partition coefficient (Wildman–Crippen LogP) is 5.43.